The van der Waals surface area contributed by atoms with Gasteiger partial charge in [0, 0.05) is 34.8 Å². The number of rotatable bonds is 0. The molecule has 0 radical (unpaired) electrons. The molecule has 2 nitrogen and oxygen atoms in total. The molecule has 2 saturated heterocycles. The summed E-state index contributed by atoms with van der Waals surface area (Å²) in [5, 5.41) is 3.54. The number of nitrogens with one attached hydrogen (secondary N) is 1. The van der Waals surface area contributed by atoms with E-state index in [4.69, 9.17) is 0 Å². The smallest absolute Gasteiger partial charge is 0.0484 e. The van der Waals surface area contributed by atoms with Crippen molar-refractivity contribution in [1.82, 2.24) is 10.2 Å². The first-order valence-corrected chi connectivity index (χ1v) is 6.43. The fraction of sp³-hybridized carbons (Fsp3) is 0.636. The largest absolute Gasteiger partial charge is 0.369 e. The average Bonchev–Trinajstić information content (AvgIpc) is 2.17. The normalized spacial score (nSPS) is 35.9. The molecule has 1 N–H and O–H groups in total. The first kappa shape index (κ1) is 9.21. The molecule has 0 spiro atoms. The summed E-state index contributed by atoms with van der Waals surface area (Å²) < 4.78 is 1.47. The maximum atomic E-state index is 3.54. The van der Waals surface area contributed by atoms with E-state index < -0.39 is 0 Å². The summed E-state index contributed by atoms with van der Waals surface area (Å²) in [6, 6.07) is 0. The van der Waals surface area contributed by atoms with Crippen molar-refractivity contribution in [2.24, 2.45) is 11.8 Å². The van der Waals surface area contributed by atoms with E-state index >= 15 is 0 Å². The Kier molecular flexibility index (Phi) is 2.32. The van der Waals surface area contributed by atoms with Gasteiger partial charge in [0.1, 0.15) is 0 Å². The van der Waals surface area contributed by atoms with Crippen LogP contribution in [0, 0.1) is 11.8 Å². The van der Waals surface area contributed by atoms with Crippen LogP contribution in [0.1, 0.15) is 6.42 Å². The van der Waals surface area contributed by atoms with Gasteiger partial charge in [-0.3, -0.25) is 0 Å². The van der Waals surface area contributed by atoms with Crippen LogP contribution in [0.15, 0.2) is 21.4 Å². The molecule has 0 aromatic rings. The minimum absolute atomic E-state index is 0.781. The molecule has 2 fully saturated rings. The van der Waals surface area contributed by atoms with Crippen molar-refractivity contribution < 1.29 is 0 Å². The predicted octanol–water partition coefficient (Wildman–Crippen LogP) is 1.74. The van der Waals surface area contributed by atoms with Gasteiger partial charge in [0.15, 0.2) is 0 Å². The number of nitrogens with zero attached hydrogens (tertiary/aromatic N) is 1. The molecule has 76 valence electrons. The summed E-state index contributed by atoms with van der Waals surface area (Å²) in [5.41, 5.74) is 1.58. The van der Waals surface area contributed by atoms with Crippen LogP contribution in [0.3, 0.4) is 0 Å². The summed E-state index contributed by atoms with van der Waals surface area (Å²) >= 11 is 2.45. The Bertz CT molecular complexity index is 304. The number of allylic oxidation sites excluding steroid dienone is 2. The van der Waals surface area contributed by atoms with Crippen LogP contribution in [-0.2, 0) is 0 Å². The average molecular weight is 302 g/mol. The first-order chi connectivity index (χ1) is 6.83. The molecule has 0 amide bonds. The quantitative estimate of drug-likeness (QED) is 0.686. The molecule has 3 aliphatic rings. The number of hydrogen-bond acceptors (Lipinski definition) is 2. The molecule has 0 aromatic carbocycles. The van der Waals surface area contributed by atoms with Gasteiger partial charge in [0.05, 0.1) is 0 Å². The van der Waals surface area contributed by atoms with Gasteiger partial charge in [-0.05, 0) is 53.6 Å². The zero-order valence-corrected chi connectivity index (χ0v) is 10.3. The van der Waals surface area contributed by atoms with E-state index in [0.29, 0.717) is 0 Å². The van der Waals surface area contributed by atoms with E-state index in [-0.39, 0.29) is 0 Å². The minimum Gasteiger partial charge on any atom is -0.369 e. The molecule has 2 unspecified atom stereocenters. The minimum atomic E-state index is 0.781. The van der Waals surface area contributed by atoms with Crippen LogP contribution >= 0.6 is 22.6 Å². The fourth-order valence-corrected chi connectivity index (χ4v) is 3.47. The van der Waals surface area contributed by atoms with E-state index in [1.165, 1.54) is 29.6 Å². The van der Waals surface area contributed by atoms with Gasteiger partial charge in [-0.1, -0.05) is 0 Å². The summed E-state index contributed by atoms with van der Waals surface area (Å²) in [6.07, 6.45) is 6.01. The standard InChI is InChI=1S/C11H15IN2/c12-10-1-2-11-9-3-8(4-13-5-9)6-14(11)7-10/h1-2,8-9,13H,3-7H2. The lowest BCUT2D eigenvalue weighted by Gasteiger charge is -2.45. The number of hydrogen-bond donors (Lipinski definition) is 1. The van der Waals surface area contributed by atoms with Crippen LogP contribution in [0.25, 0.3) is 0 Å². The molecule has 2 atom stereocenters. The van der Waals surface area contributed by atoms with Gasteiger partial charge in [-0.25, -0.2) is 0 Å². The number of piperidine rings is 2. The van der Waals surface area contributed by atoms with Crippen molar-refractivity contribution >= 4 is 22.6 Å². The Morgan fingerprint density at radius 2 is 2.29 bits per heavy atom. The fourth-order valence-electron chi connectivity index (χ4n) is 2.88. The maximum Gasteiger partial charge on any atom is 0.0484 e. The van der Waals surface area contributed by atoms with Crippen molar-refractivity contribution in [3.8, 4) is 0 Å². The molecule has 0 aliphatic carbocycles. The lowest BCUT2D eigenvalue weighted by atomic mass is 9.82. The lowest BCUT2D eigenvalue weighted by Crippen LogP contribution is -2.50. The SMILES string of the molecule is IC1=CC=C2C3CNCC(C3)CN2C1. The van der Waals surface area contributed by atoms with Crippen LogP contribution in [0.4, 0.5) is 0 Å². The third-order valence-electron chi connectivity index (χ3n) is 3.48. The second-order valence-electron chi connectivity index (χ2n) is 4.54. The third-order valence-corrected chi connectivity index (χ3v) is 4.18. The van der Waals surface area contributed by atoms with Crippen LogP contribution < -0.4 is 5.32 Å². The van der Waals surface area contributed by atoms with Crippen LogP contribution in [0.5, 0.6) is 0 Å². The topological polar surface area (TPSA) is 15.3 Å². The zero-order chi connectivity index (χ0) is 9.54. The highest BCUT2D eigenvalue weighted by Gasteiger charge is 2.34. The molecular weight excluding hydrogens is 287 g/mol. The monoisotopic (exact) mass is 302 g/mol. The van der Waals surface area contributed by atoms with Gasteiger partial charge in [0.2, 0.25) is 0 Å². The van der Waals surface area contributed by atoms with Crippen molar-refractivity contribution in [3.05, 3.63) is 21.4 Å². The van der Waals surface area contributed by atoms with Gasteiger partial charge in [0.25, 0.3) is 0 Å². The number of fused-ring (bicyclic) bond motifs is 4. The Balaban J connectivity index is 1.90. The van der Waals surface area contributed by atoms with E-state index in [1.54, 1.807) is 5.70 Å². The number of halogens is 1. The van der Waals surface area contributed by atoms with Gasteiger partial charge in [-0.15, -0.1) is 0 Å². The molecule has 2 bridgehead atoms. The summed E-state index contributed by atoms with van der Waals surface area (Å²) in [5.74, 6) is 1.66. The summed E-state index contributed by atoms with van der Waals surface area (Å²) in [7, 11) is 0. The lowest BCUT2D eigenvalue weighted by molar-refractivity contribution is 0.156. The van der Waals surface area contributed by atoms with E-state index in [2.05, 4.69) is 45.0 Å². The van der Waals surface area contributed by atoms with Gasteiger partial charge >= 0.3 is 0 Å². The van der Waals surface area contributed by atoms with Crippen LogP contribution in [0.2, 0.25) is 0 Å². The first-order valence-electron chi connectivity index (χ1n) is 5.35. The highest BCUT2D eigenvalue weighted by atomic mass is 127. The zero-order valence-electron chi connectivity index (χ0n) is 8.17. The van der Waals surface area contributed by atoms with E-state index in [9.17, 15) is 0 Å². The van der Waals surface area contributed by atoms with E-state index in [0.717, 1.165) is 18.4 Å². The molecule has 3 heterocycles. The van der Waals surface area contributed by atoms with Gasteiger partial charge in [-0.2, -0.15) is 0 Å². The Morgan fingerprint density at radius 3 is 3.21 bits per heavy atom. The molecule has 0 aromatic heterocycles. The van der Waals surface area contributed by atoms with Crippen molar-refractivity contribution in [2.45, 2.75) is 6.42 Å². The molecule has 3 heteroatoms. The van der Waals surface area contributed by atoms with Crippen molar-refractivity contribution in [3.63, 3.8) is 0 Å². The van der Waals surface area contributed by atoms with Crippen molar-refractivity contribution in [1.29, 1.82) is 0 Å². The van der Waals surface area contributed by atoms with E-state index in [1.807, 2.05) is 0 Å². The highest BCUT2D eigenvalue weighted by molar-refractivity contribution is 14.1. The Hall–Kier alpha value is -0.0300. The third kappa shape index (κ3) is 1.50. The van der Waals surface area contributed by atoms with Crippen molar-refractivity contribution in [2.75, 3.05) is 26.2 Å². The molecule has 3 rings (SSSR count). The maximum absolute atomic E-state index is 3.54. The molecule has 0 saturated carbocycles. The predicted molar refractivity (Wildman–Crippen MR) is 66.2 cm³/mol. The Morgan fingerprint density at radius 1 is 1.36 bits per heavy atom. The second-order valence-corrected chi connectivity index (χ2v) is 5.93. The molecule has 14 heavy (non-hydrogen) atoms. The Labute approximate surface area is 98.6 Å². The molecular formula is C11H15IN2. The molecule has 3 aliphatic heterocycles. The van der Waals surface area contributed by atoms with Crippen LogP contribution in [-0.4, -0.2) is 31.1 Å². The summed E-state index contributed by atoms with van der Waals surface area (Å²) in [4.78, 5) is 2.58. The highest BCUT2D eigenvalue weighted by Crippen LogP contribution is 2.35. The summed E-state index contributed by atoms with van der Waals surface area (Å²) in [6.45, 7) is 4.82. The van der Waals surface area contributed by atoms with Gasteiger partial charge < -0.3 is 10.2 Å². The second kappa shape index (κ2) is 3.52.